The zero-order valence-electron chi connectivity index (χ0n) is 9.39. The first-order chi connectivity index (χ1) is 8.65. The number of hydrogen-bond acceptors (Lipinski definition) is 3. The van der Waals surface area contributed by atoms with E-state index < -0.39 is 0 Å². The van der Waals surface area contributed by atoms with Crippen LogP contribution in [0.25, 0.3) is 5.52 Å². The van der Waals surface area contributed by atoms with Gasteiger partial charge >= 0.3 is 0 Å². The highest BCUT2D eigenvalue weighted by atomic mass is 79.9. The van der Waals surface area contributed by atoms with Crippen molar-refractivity contribution in [2.45, 2.75) is 18.8 Å². The first-order valence-electron chi connectivity index (χ1n) is 5.60. The Balaban J connectivity index is 2.11. The lowest BCUT2D eigenvalue weighted by Gasteiger charge is -2.22. The highest BCUT2D eigenvalue weighted by molar-refractivity contribution is 9.10. The fraction of sp³-hybridized carbons (Fsp3) is 0.250. The molecule has 2 aromatic rings. The highest BCUT2D eigenvalue weighted by Crippen LogP contribution is 2.28. The molecule has 1 unspecified atom stereocenters. The summed E-state index contributed by atoms with van der Waals surface area (Å²) < 4.78 is 2.78. The molecule has 0 aromatic carbocycles. The van der Waals surface area contributed by atoms with Crippen LogP contribution in [-0.2, 0) is 9.59 Å². The normalized spacial score (nSPS) is 20.2. The molecule has 2 amide bonds. The van der Waals surface area contributed by atoms with E-state index in [1.54, 1.807) is 12.5 Å². The van der Waals surface area contributed by atoms with Crippen molar-refractivity contribution in [1.29, 1.82) is 0 Å². The van der Waals surface area contributed by atoms with Gasteiger partial charge in [-0.2, -0.15) is 0 Å². The van der Waals surface area contributed by atoms with Gasteiger partial charge in [0, 0.05) is 16.6 Å². The van der Waals surface area contributed by atoms with Crippen LogP contribution in [-0.4, -0.2) is 21.2 Å². The lowest BCUT2D eigenvalue weighted by molar-refractivity contribution is -0.134. The van der Waals surface area contributed by atoms with Crippen LogP contribution in [0.15, 0.2) is 29.1 Å². The molecule has 1 fully saturated rings. The van der Waals surface area contributed by atoms with E-state index in [0.29, 0.717) is 12.8 Å². The number of aromatic nitrogens is 2. The number of nitrogens with one attached hydrogen (secondary N) is 1. The van der Waals surface area contributed by atoms with Crippen molar-refractivity contribution < 1.29 is 9.59 Å². The van der Waals surface area contributed by atoms with E-state index in [0.717, 1.165) is 15.7 Å². The van der Waals surface area contributed by atoms with Gasteiger partial charge in [0.15, 0.2) is 0 Å². The minimum atomic E-state index is -0.308. The molecule has 1 saturated heterocycles. The van der Waals surface area contributed by atoms with Crippen molar-refractivity contribution in [3.8, 4) is 0 Å². The highest BCUT2D eigenvalue weighted by Gasteiger charge is 2.29. The van der Waals surface area contributed by atoms with Crippen molar-refractivity contribution in [1.82, 2.24) is 14.7 Å². The lowest BCUT2D eigenvalue weighted by atomic mass is 9.94. The molecule has 3 heterocycles. The van der Waals surface area contributed by atoms with E-state index >= 15 is 0 Å². The molecule has 0 spiro atoms. The van der Waals surface area contributed by atoms with E-state index in [9.17, 15) is 9.59 Å². The number of amides is 2. The third-order valence-electron chi connectivity index (χ3n) is 3.11. The molecule has 92 valence electrons. The maximum Gasteiger partial charge on any atom is 0.235 e. The lowest BCUT2D eigenvalue weighted by Crippen LogP contribution is -2.40. The van der Waals surface area contributed by atoms with Crippen LogP contribution < -0.4 is 5.32 Å². The number of rotatable bonds is 1. The average Bonchev–Trinajstić information content (AvgIpc) is 2.76. The second-order valence-electron chi connectivity index (χ2n) is 4.29. The van der Waals surface area contributed by atoms with E-state index in [1.807, 2.05) is 16.5 Å². The van der Waals surface area contributed by atoms with Gasteiger partial charge in [0.2, 0.25) is 11.8 Å². The smallest absolute Gasteiger partial charge is 0.235 e. The van der Waals surface area contributed by atoms with Gasteiger partial charge in [0.25, 0.3) is 0 Å². The Kier molecular flexibility index (Phi) is 2.66. The molecule has 0 saturated carbocycles. The molecule has 3 rings (SSSR count). The summed E-state index contributed by atoms with van der Waals surface area (Å²) in [7, 11) is 0. The molecular weight excluding hydrogens is 298 g/mol. The largest absolute Gasteiger partial charge is 0.302 e. The standard InChI is InChI=1S/C12H10BrN3O2/c13-7-3-8-5-14-6-16(8)10(4-7)9-1-2-11(17)15-12(9)18/h3-6,9H,1-2H2,(H,15,17,18). The molecule has 6 heteroatoms. The molecule has 0 radical (unpaired) electrons. The Morgan fingerprint density at radius 2 is 2.22 bits per heavy atom. The number of piperidine rings is 1. The average molecular weight is 308 g/mol. The van der Waals surface area contributed by atoms with Gasteiger partial charge in [-0.15, -0.1) is 0 Å². The Hall–Kier alpha value is -1.69. The van der Waals surface area contributed by atoms with E-state index in [4.69, 9.17) is 0 Å². The van der Waals surface area contributed by atoms with Crippen LogP contribution in [0.3, 0.4) is 0 Å². The van der Waals surface area contributed by atoms with Gasteiger partial charge in [-0.25, -0.2) is 4.98 Å². The fourth-order valence-corrected chi connectivity index (χ4v) is 2.73. The Labute approximate surface area is 111 Å². The maximum absolute atomic E-state index is 11.9. The van der Waals surface area contributed by atoms with Crippen molar-refractivity contribution in [3.05, 3.63) is 34.8 Å². The van der Waals surface area contributed by atoms with Crippen molar-refractivity contribution in [3.63, 3.8) is 0 Å². The minimum Gasteiger partial charge on any atom is -0.302 e. The van der Waals surface area contributed by atoms with E-state index in [1.165, 1.54) is 0 Å². The second kappa shape index (κ2) is 4.20. The van der Waals surface area contributed by atoms with Gasteiger partial charge in [-0.1, -0.05) is 15.9 Å². The predicted octanol–water partition coefficient (Wildman–Crippen LogP) is 1.62. The van der Waals surface area contributed by atoms with Crippen molar-refractivity contribution in [2.24, 2.45) is 0 Å². The molecule has 2 aromatic heterocycles. The van der Waals surface area contributed by atoms with Gasteiger partial charge in [-0.3, -0.25) is 14.9 Å². The number of halogens is 1. The number of fused-ring (bicyclic) bond motifs is 1. The molecule has 5 nitrogen and oxygen atoms in total. The zero-order valence-corrected chi connectivity index (χ0v) is 11.0. The van der Waals surface area contributed by atoms with Crippen LogP contribution >= 0.6 is 15.9 Å². The zero-order chi connectivity index (χ0) is 12.7. The topological polar surface area (TPSA) is 63.5 Å². The van der Waals surface area contributed by atoms with Crippen LogP contribution in [0.5, 0.6) is 0 Å². The van der Waals surface area contributed by atoms with E-state index in [2.05, 4.69) is 26.2 Å². The summed E-state index contributed by atoms with van der Waals surface area (Å²) in [5, 5.41) is 2.38. The molecule has 1 aliphatic heterocycles. The summed E-state index contributed by atoms with van der Waals surface area (Å²) in [6.45, 7) is 0. The quantitative estimate of drug-likeness (QED) is 0.814. The second-order valence-corrected chi connectivity index (χ2v) is 5.21. The maximum atomic E-state index is 11.9. The minimum absolute atomic E-state index is 0.201. The molecular formula is C12H10BrN3O2. The number of imide groups is 1. The third kappa shape index (κ3) is 1.82. The van der Waals surface area contributed by atoms with Gasteiger partial charge < -0.3 is 4.40 Å². The van der Waals surface area contributed by atoms with Gasteiger partial charge in [0.1, 0.15) is 0 Å². The summed E-state index contributed by atoms with van der Waals surface area (Å²) >= 11 is 3.43. The van der Waals surface area contributed by atoms with Gasteiger partial charge in [-0.05, 0) is 18.6 Å². The first kappa shape index (κ1) is 11.4. The SMILES string of the molecule is O=C1CCC(c2cc(Br)cc3cncn23)C(=O)N1. The number of nitrogens with zero attached hydrogens (tertiary/aromatic N) is 2. The predicted molar refractivity (Wildman–Crippen MR) is 68.0 cm³/mol. The number of imidazole rings is 1. The number of carbonyl (C=O) groups excluding carboxylic acids is 2. The first-order valence-corrected chi connectivity index (χ1v) is 6.39. The van der Waals surface area contributed by atoms with Gasteiger partial charge in [0.05, 0.1) is 24.0 Å². The Morgan fingerprint density at radius 3 is 3.00 bits per heavy atom. The summed E-state index contributed by atoms with van der Waals surface area (Å²) in [4.78, 5) is 27.2. The molecule has 18 heavy (non-hydrogen) atoms. The Morgan fingerprint density at radius 1 is 1.39 bits per heavy atom. The van der Waals surface area contributed by atoms with Crippen molar-refractivity contribution in [2.75, 3.05) is 0 Å². The summed E-state index contributed by atoms with van der Waals surface area (Å²) in [6, 6.07) is 3.83. The Bertz CT molecular complexity index is 650. The van der Waals surface area contributed by atoms with Crippen LogP contribution in [0.4, 0.5) is 0 Å². The van der Waals surface area contributed by atoms with E-state index in [-0.39, 0.29) is 17.7 Å². The number of hydrogen-bond donors (Lipinski definition) is 1. The third-order valence-corrected chi connectivity index (χ3v) is 3.57. The summed E-state index contributed by atoms with van der Waals surface area (Å²) in [6.07, 6.45) is 4.33. The molecule has 1 atom stereocenters. The summed E-state index contributed by atoms with van der Waals surface area (Å²) in [5.74, 6) is -0.746. The van der Waals surface area contributed by atoms with Crippen molar-refractivity contribution >= 4 is 33.3 Å². The van der Waals surface area contributed by atoms with Crippen LogP contribution in [0.2, 0.25) is 0 Å². The monoisotopic (exact) mass is 307 g/mol. The molecule has 0 aliphatic carbocycles. The fourth-order valence-electron chi connectivity index (χ4n) is 2.27. The number of pyridine rings is 1. The number of carbonyl (C=O) groups is 2. The molecule has 1 N–H and O–H groups in total. The van der Waals surface area contributed by atoms with Crippen LogP contribution in [0, 0.1) is 0 Å². The summed E-state index contributed by atoms with van der Waals surface area (Å²) in [5.41, 5.74) is 1.77. The van der Waals surface area contributed by atoms with Crippen LogP contribution in [0.1, 0.15) is 24.5 Å². The molecule has 0 bridgehead atoms. The molecule has 1 aliphatic rings.